The molecule has 0 aliphatic rings. The Labute approximate surface area is 113 Å². The van der Waals surface area contributed by atoms with Crippen LogP contribution < -0.4 is 5.32 Å². The molecule has 0 spiro atoms. The minimum atomic E-state index is -0.483. The first-order chi connectivity index (χ1) is 8.60. The SMILES string of the molecule is COC(=O)c1sc(NCc2ccn(C)n2)nc1Cl. The van der Waals surface area contributed by atoms with E-state index in [1.807, 2.05) is 19.3 Å². The zero-order valence-corrected chi connectivity index (χ0v) is 11.4. The zero-order valence-electron chi connectivity index (χ0n) is 9.81. The third-order valence-corrected chi connectivity index (χ3v) is 3.52. The molecule has 2 aromatic heterocycles. The van der Waals surface area contributed by atoms with Crippen molar-refractivity contribution in [1.29, 1.82) is 0 Å². The topological polar surface area (TPSA) is 69.0 Å². The van der Waals surface area contributed by atoms with Crippen LogP contribution in [0.5, 0.6) is 0 Å². The van der Waals surface area contributed by atoms with Crippen LogP contribution in [-0.2, 0) is 18.3 Å². The molecule has 18 heavy (non-hydrogen) atoms. The summed E-state index contributed by atoms with van der Waals surface area (Å²) in [5, 5.41) is 7.98. The van der Waals surface area contributed by atoms with E-state index >= 15 is 0 Å². The van der Waals surface area contributed by atoms with Gasteiger partial charge in [-0.25, -0.2) is 9.78 Å². The number of ether oxygens (including phenoxy) is 1. The quantitative estimate of drug-likeness (QED) is 0.870. The van der Waals surface area contributed by atoms with E-state index in [0.717, 1.165) is 17.0 Å². The number of carbonyl (C=O) groups excluding carboxylic acids is 1. The van der Waals surface area contributed by atoms with Gasteiger partial charge in [0.25, 0.3) is 0 Å². The Morgan fingerprint density at radius 1 is 1.67 bits per heavy atom. The lowest BCUT2D eigenvalue weighted by Crippen LogP contribution is -2.00. The average molecular weight is 287 g/mol. The van der Waals surface area contributed by atoms with Gasteiger partial charge in [0.1, 0.15) is 0 Å². The van der Waals surface area contributed by atoms with Crippen LogP contribution in [0.25, 0.3) is 0 Å². The molecular weight excluding hydrogens is 276 g/mol. The molecule has 0 aliphatic heterocycles. The van der Waals surface area contributed by atoms with Gasteiger partial charge in [-0.3, -0.25) is 4.68 Å². The molecule has 0 amide bonds. The molecule has 2 rings (SSSR count). The minimum Gasteiger partial charge on any atom is -0.465 e. The molecule has 0 aliphatic carbocycles. The van der Waals surface area contributed by atoms with Gasteiger partial charge in [-0.15, -0.1) is 0 Å². The summed E-state index contributed by atoms with van der Waals surface area (Å²) in [7, 11) is 3.15. The van der Waals surface area contributed by atoms with Crippen molar-refractivity contribution in [1.82, 2.24) is 14.8 Å². The van der Waals surface area contributed by atoms with Gasteiger partial charge in [0, 0.05) is 13.2 Å². The van der Waals surface area contributed by atoms with Crippen molar-refractivity contribution in [2.45, 2.75) is 6.54 Å². The molecule has 0 unspecified atom stereocenters. The van der Waals surface area contributed by atoms with E-state index in [2.05, 4.69) is 20.1 Å². The van der Waals surface area contributed by atoms with Crippen LogP contribution >= 0.6 is 22.9 Å². The Morgan fingerprint density at radius 3 is 3.06 bits per heavy atom. The first-order valence-electron chi connectivity index (χ1n) is 5.07. The molecule has 0 aromatic carbocycles. The normalized spacial score (nSPS) is 10.4. The smallest absolute Gasteiger partial charge is 0.351 e. The fourth-order valence-electron chi connectivity index (χ4n) is 1.32. The summed E-state index contributed by atoms with van der Waals surface area (Å²) in [4.78, 5) is 15.7. The third kappa shape index (κ3) is 2.80. The highest BCUT2D eigenvalue weighted by atomic mass is 35.5. The van der Waals surface area contributed by atoms with Crippen LogP contribution in [0.3, 0.4) is 0 Å². The Kier molecular flexibility index (Phi) is 3.83. The Balaban J connectivity index is 2.04. The van der Waals surface area contributed by atoms with Crippen LogP contribution in [-0.4, -0.2) is 27.8 Å². The fraction of sp³-hybridized carbons (Fsp3) is 0.300. The van der Waals surface area contributed by atoms with Gasteiger partial charge in [-0.2, -0.15) is 5.10 Å². The lowest BCUT2D eigenvalue weighted by Gasteiger charge is -1.98. The second-order valence-electron chi connectivity index (χ2n) is 3.46. The van der Waals surface area contributed by atoms with Gasteiger partial charge in [0.05, 0.1) is 19.3 Å². The molecule has 2 aromatic rings. The first-order valence-corrected chi connectivity index (χ1v) is 6.26. The van der Waals surface area contributed by atoms with Crippen LogP contribution in [0.15, 0.2) is 12.3 Å². The maximum Gasteiger partial charge on any atom is 0.351 e. The number of nitrogens with zero attached hydrogens (tertiary/aromatic N) is 3. The monoisotopic (exact) mass is 286 g/mol. The van der Waals surface area contributed by atoms with Crippen LogP contribution in [0.2, 0.25) is 5.15 Å². The summed E-state index contributed by atoms with van der Waals surface area (Å²) in [6.45, 7) is 0.519. The third-order valence-electron chi connectivity index (χ3n) is 2.15. The van der Waals surface area contributed by atoms with Crippen molar-refractivity contribution >= 4 is 34.0 Å². The van der Waals surface area contributed by atoms with E-state index in [-0.39, 0.29) is 5.15 Å². The summed E-state index contributed by atoms with van der Waals surface area (Å²) >= 11 is 7.00. The number of halogens is 1. The lowest BCUT2D eigenvalue weighted by molar-refractivity contribution is 0.0606. The molecule has 0 saturated heterocycles. The maximum absolute atomic E-state index is 11.3. The number of esters is 1. The van der Waals surface area contributed by atoms with Crippen molar-refractivity contribution in [2.24, 2.45) is 7.05 Å². The summed E-state index contributed by atoms with van der Waals surface area (Å²) in [5.74, 6) is -0.483. The predicted molar refractivity (Wildman–Crippen MR) is 69.0 cm³/mol. The maximum atomic E-state index is 11.3. The van der Waals surface area contributed by atoms with E-state index in [4.69, 9.17) is 11.6 Å². The second kappa shape index (κ2) is 5.36. The minimum absolute atomic E-state index is 0.148. The molecule has 2 heterocycles. The molecule has 1 N–H and O–H groups in total. The van der Waals surface area contributed by atoms with Crippen molar-refractivity contribution in [2.75, 3.05) is 12.4 Å². The van der Waals surface area contributed by atoms with Gasteiger partial charge < -0.3 is 10.1 Å². The Bertz CT molecular complexity index is 566. The highest BCUT2D eigenvalue weighted by molar-refractivity contribution is 7.18. The number of methoxy groups -OCH3 is 1. The number of aromatic nitrogens is 3. The van der Waals surface area contributed by atoms with Crippen molar-refractivity contribution in [3.05, 3.63) is 28.0 Å². The van der Waals surface area contributed by atoms with Crippen molar-refractivity contribution < 1.29 is 9.53 Å². The highest BCUT2D eigenvalue weighted by Crippen LogP contribution is 2.27. The predicted octanol–water partition coefficient (Wildman–Crippen LogP) is 1.93. The lowest BCUT2D eigenvalue weighted by atomic mass is 10.4. The number of nitrogens with one attached hydrogen (secondary N) is 1. The number of hydrogen-bond acceptors (Lipinski definition) is 6. The largest absolute Gasteiger partial charge is 0.465 e. The van der Waals surface area contributed by atoms with Gasteiger partial charge in [-0.05, 0) is 6.07 Å². The number of aryl methyl sites for hydroxylation is 1. The fourth-order valence-corrected chi connectivity index (χ4v) is 2.42. The van der Waals surface area contributed by atoms with E-state index in [0.29, 0.717) is 16.6 Å². The average Bonchev–Trinajstić information content (AvgIpc) is 2.92. The number of thiazole rings is 1. The number of anilines is 1. The number of rotatable bonds is 4. The van der Waals surface area contributed by atoms with E-state index in [1.165, 1.54) is 7.11 Å². The standard InChI is InChI=1S/C10H11ClN4O2S/c1-15-4-3-6(14-15)5-12-10-13-8(11)7(18-10)9(16)17-2/h3-4H,5H2,1-2H3,(H,12,13). The molecule has 96 valence electrons. The number of hydrogen-bond donors (Lipinski definition) is 1. The molecule has 0 saturated carbocycles. The van der Waals surface area contributed by atoms with E-state index < -0.39 is 5.97 Å². The van der Waals surface area contributed by atoms with Crippen molar-refractivity contribution in [3.8, 4) is 0 Å². The molecule has 0 bridgehead atoms. The van der Waals surface area contributed by atoms with Crippen LogP contribution in [0.4, 0.5) is 5.13 Å². The van der Waals surface area contributed by atoms with Gasteiger partial charge in [-0.1, -0.05) is 22.9 Å². The molecule has 0 atom stereocenters. The molecular formula is C10H11ClN4O2S. The van der Waals surface area contributed by atoms with Gasteiger partial charge in [0.15, 0.2) is 15.2 Å². The zero-order chi connectivity index (χ0) is 13.1. The summed E-state index contributed by atoms with van der Waals surface area (Å²) < 4.78 is 6.31. The summed E-state index contributed by atoms with van der Waals surface area (Å²) in [6, 6.07) is 1.89. The van der Waals surface area contributed by atoms with Crippen molar-refractivity contribution in [3.63, 3.8) is 0 Å². The molecule has 8 heteroatoms. The second-order valence-corrected chi connectivity index (χ2v) is 4.82. The Hall–Kier alpha value is -1.60. The van der Waals surface area contributed by atoms with E-state index in [1.54, 1.807) is 4.68 Å². The highest BCUT2D eigenvalue weighted by Gasteiger charge is 2.17. The summed E-state index contributed by atoms with van der Waals surface area (Å²) in [5.41, 5.74) is 0.878. The van der Waals surface area contributed by atoms with Crippen LogP contribution in [0, 0.1) is 0 Å². The first kappa shape index (κ1) is 12.8. The Morgan fingerprint density at radius 2 is 2.44 bits per heavy atom. The van der Waals surface area contributed by atoms with E-state index in [9.17, 15) is 4.79 Å². The molecule has 0 fully saturated rings. The van der Waals surface area contributed by atoms with Gasteiger partial charge >= 0.3 is 5.97 Å². The molecule has 0 radical (unpaired) electrons. The van der Waals surface area contributed by atoms with Crippen LogP contribution in [0.1, 0.15) is 15.4 Å². The number of carbonyl (C=O) groups is 1. The summed E-state index contributed by atoms with van der Waals surface area (Å²) in [6.07, 6.45) is 1.85. The van der Waals surface area contributed by atoms with Gasteiger partial charge in [0.2, 0.25) is 0 Å². The molecule has 6 nitrogen and oxygen atoms in total.